The lowest BCUT2D eigenvalue weighted by atomic mass is 9.83. The van der Waals surface area contributed by atoms with Crippen LogP contribution in [0.4, 0.5) is 0 Å². The van der Waals surface area contributed by atoms with Crippen LogP contribution in [0.25, 0.3) is 0 Å². The summed E-state index contributed by atoms with van der Waals surface area (Å²) >= 11 is 0. The van der Waals surface area contributed by atoms with Crippen LogP contribution in [0.3, 0.4) is 0 Å². The van der Waals surface area contributed by atoms with E-state index in [1.54, 1.807) is 0 Å². The summed E-state index contributed by atoms with van der Waals surface area (Å²) in [6.07, 6.45) is 2.89. The lowest BCUT2D eigenvalue weighted by Gasteiger charge is -2.21. The minimum Gasteiger partial charge on any atom is -0.300 e. The standard InChI is InChI=1S/C8H14O/c1-6-3-7(2)5-8(9)4-6/h6-7H,3-5H2,1-2H3. The number of hydrogen-bond donors (Lipinski definition) is 0. The number of carbonyl (C=O) groups excluding carboxylic acids is 1. The highest BCUT2D eigenvalue weighted by molar-refractivity contribution is 5.79. The van der Waals surface area contributed by atoms with Gasteiger partial charge < -0.3 is 0 Å². The normalized spacial score (nSPS) is 36.9. The maximum atomic E-state index is 10.9. The minimum absolute atomic E-state index is 0.459. The van der Waals surface area contributed by atoms with Crippen LogP contribution < -0.4 is 0 Å². The van der Waals surface area contributed by atoms with Gasteiger partial charge >= 0.3 is 0 Å². The van der Waals surface area contributed by atoms with Crippen LogP contribution in [-0.4, -0.2) is 5.78 Å². The van der Waals surface area contributed by atoms with E-state index in [0.717, 1.165) is 12.8 Å². The van der Waals surface area contributed by atoms with Gasteiger partial charge in [-0.25, -0.2) is 0 Å². The molecule has 1 heteroatoms. The first-order valence-electron chi connectivity index (χ1n) is 3.70. The van der Waals surface area contributed by atoms with Gasteiger partial charge in [0.25, 0.3) is 0 Å². The van der Waals surface area contributed by atoms with Gasteiger partial charge in [-0.05, 0) is 18.3 Å². The summed E-state index contributed by atoms with van der Waals surface area (Å²) in [6.45, 7) is 4.32. The van der Waals surface area contributed by atoms with E-state index in [4.69, 9.17) is 0 Å². The van der Waals surface area contributed by atoms with Crippen molar-refractivity contribution < 1.29 is 4.79 Å². The van der Waals surface area contributed by atoms with Crippen molar-refractivity contribution in [2.24, 2.45) is 11.8 Å². The predicted octanol–water partition coefficient (Wildman–Crippen LogP) is 2.01. The molecule has 2 atom stereocenters. The van der Waals surface area contributed by atoms with Gasteiger partial charge in [0.2, 0.25) is 0 Å². The fourth-order valence-electron chi connectivity index (χ4n) is 1.71. The van der Waals surface area contributed by atoms with E-state index in [2.05, 4.69) is 13.8 Å². The van der Waals surface area contributed by atoms with Gasteiger partial charge in [-0.3, -0.25) is 4.79 Å². The van der Waals surface area contributed by atoms with Crippen molar-refractivity contribution in [1.82, 2.24) is 0 Å². The average molecular weight is 126 g/mol. The Bertz CT molecular complexity index is 106. The summed E-state index contributed by atoms with van der Waals surface area (Å²) in [5.74, 6) is 1.74. The Balaban J connectivity index is 2.43. The number of Topliss-reactive ketones (excluding diaryl/α,β-unsaturated/α-hetero) is 1. The largest absolute Gasteiger partial charge is 0.300 e. The summed E-state index contributed by atoms with van der Waals surface area (Å²) in [4.78, 5) is 10.9. The Labute approximate surface area is 56.4 Å². The van der Waals surface area contributed by atoms with E-state index in [0.29, 0.717) is 17.6 Å². The molecular weight excluding hydrogens is 112 g/mol. The van der Waals surface area contributed by atoms with Gasteiger partial charge in [0.15, 0.2) is 0 Å². The van der Waals surface area contributed by atoms with Crippen LogP contribution in [0.1, 0.15) is 33.1 Å². The fourth-order valence-corrected chi connectivity index (χ4v) is 1.71. The molecule has 0 heterocycles. The molecule has 0 radical (unpaired) electrons. The lowest BCUT2D eigenvalue weighted by Crippen LogP contribution is -2.18. The maximum absolute atomic E-state index is 10.9. The molecule has 0 aromatic carbocycles. The number of rotatable bonds is 0. The van der Waals surface area contributed by atoms with Crippen LogP contribution in [0.15, 0.2) is 0 Å². The molecular formula is C8H14O. The van der Waals surface area contributed by atoms with Gasteiger partial charge in [0.1, 0.15) is 5.78 Å². The van der Waals surface area contributed by atoms with Crippen molar-refractivity contribution in [3.8, 4) is 0 Å². The maximum Gasteiger partial charge on any atom is 0.133 e. The Kier molecular flexibility index (Phi) is 1.89. The summed E-state index contributed by atoms with van der Waals surface area (Å²) in [6, 6.07) is 0. The smallest absolute Gasteiger partial charge is 0.133 e. The first-order valence-corrected chi connectivity index (χ1v) is 3.70. The van der Waals surface area contributed by atoms with Crippen molar-refractivity contribution in [2.45, 2.75) is 33.1 Å². The lowest BCUT2D eigenvalue weighted by molar-refractivity contribution is -0.122. The van der Waals surface area contributed by atoms with Gasteiger partial charge in [-0.15, -0.1) is 0 Å². The SMILES string of the molecule is CC1CC(=O)CC(C)C1. The Morgan fingerprint density at radius 2 is 1.67 bits per heavy atom. The van der Waals surface area contributed by atoms with E-state index in [1.165, 1.54) is 6.42 Å². The van der Waals surface area contributed by atoms with Gasteiger partial charge in [0.05, 0.1) is 0 Å². The Hall–Kier alpha value is -0.330. The highest BCUT2D eigenvalue weighted by Crippen LogP contribution is 2.25. The zero-order valence-electron chi connectivity index (χ0n) is 6.18. The zero-order valence-corrected chi connectivity index (χ0v) is 6.18. The molecule has 0 aromatic heterocycles. The van der Waals surface area contributed by atoms with Crippen LogP contribution in [0.2, 0.25) is 0 Å². The van der Waals surface area contributed by atoms with Gasteiger partial charge in [0, 0.05) is 12.8 Å². The van der Waals surface area contributed by atoms with Crippen molar-refractivity contribution in [3.63, 3.8) is 0 Å². The molecule has 0 N–H and O–H groups in total. The molecule has 0 bridgehead atoms. The molecule has 0 amide bonds. The summed E-state index contributed by atoms with van der Waals surface area (Å²) in [5.41, 5.74) is 0. The Morgan fingerprint density at radius 1 is 1.22 bits per heavy atom. The van der Waals surface area contributed by atoms with E-state index >= 15 is 0 Å². The number of ketones is 1. The van der Waals surface area contributed by atoms with E-state index < -0.39 is 0 Å². The van der Waals surface area contributed by atoms with E-state index in [-0.39, 0.29) is 0 Å². The molecule has 1 rings (SSSR count). The predicted molar refractivity (Wildman–Crippen MR) is 37.2 cm³/mol. The summed E-state index contributed by atoms with van der Waals surface area (Å²) < 4.78 is 0. The van der Waals surface area contributed by atoms with Crippen LogP contribution in [0.5, 0.6) is 0 Å². The van der Waals surface area contributed by atoms with Crippen molar-refractivity contribution in [2.75, 3.05) is 0 Å². The molecule has 1 nitrogen and oxygen atoms in total. The highest BCUT2D eigenvalue weighted by atomic mass is 16.1. The second kappa shape index (κ2) is 2.51. The van der Waals surface area contributed by atoms with Crippen LogP contribution >= 0.6 is 0 Å². The summed E-state index contributed by atoms with van der Waals surface area (Å²) in [5, 5.41) is 0. The first kappa shape index (κ1) is 6.79. The topological polar surface area (TPSA) is 17.1 Å². The van der Waals surface area contributed by atoms with Crippen molar-refractivity contribution in [1.29, 1.82) is 0 Å². The molecule has 0 spiro atoms. The molecule has 2 unspecified atom stereocenters. The highest BCUT2D eigenvalue weighted by Gasteiger charge is 2.20. The van der Waals surface area contributed by atoms with Crippen molar-refractivity contribution in [3.05, 3.63) is 0 Å². The second-order valence-corrected chi connectivity index (χ2v) is 3.39. The number of carbonyl (C=O) groups is 1. The van der Waals surface area contributed by atoms with Crippen molar-refractivity contribution >= 4 is 5.78 Å². The third-order valence-electron chi connectivity index (χ3n) is 1.96. The fraction of sp³-hybridized carbons (Fsp3) is 0.875. The van der Waals surface area contributed by atoms with E-state index in [1.807, 2.05) is 0 Å². The molecule has 1 saturated carbocycles. The molecule has 1 aliphatic rings. The molecule has 1 fully saturated rings. The molecule has 0 aromatic rings. The van der Waals surface area contributed by atoms with Crippen LogP contribution in [-0.2, 0) is 4.79 Å². The Morgan fingerprint density at radius 3 is 2.00 bits per heavy atom. The second-order valence-electron chi connectivity index (χ2n) is 3.39. The average Bonchev–Trinajstić information content (AvgIpc) is 1.59. The minimum atomic E-state index is 0.459. The van der Waals surface area contributed by atoms with Crippen LogP contribution in [0, 0.1) is 11.8 Å². The zero-order chi connectivity index (χ0) is 6.85. The number of hydrogen-bond acceptors (Lipinski definition) is 1. The summed E-state index contributed by atoms with van der Waals surface area (Å²) in [7, 11) is 0. The van der Waals surface area contributed by atoms with Gasteiger partial charge in [-0.2, -0.15) is 0 Å². The molecule has 0 saturated heterocycles. The van der Waals surface area contributed by atoms with Gasteiger partial charge in [-0.1, -0.05) is 13.8 Å². The third kappa shape index (κ3) is 1.81. The van der Waals surface area contributed by atoms with E-state index in [9.17, 15) is 4.79 Å². The molecule has 1 aliphatic carbocycles. The molecule has 52 valence electrons. The quantitative estimate of drug-likeness (QED) is 0.485. The first-order chi connectivity index (χ1) is 4.18. The third-order valence-corrected chi connectivity index (χ3v) is 1.96. The molecule has 9 heavy (non-hydrogen) atoms. The monoisotopic (exact) mass is 126 g/mol. The molecule has 0 aliphatic heterocycles.